The van der Waals surface area contributed by atoms with Gasteiger partial charge >= 0.3 is 66.0 Å². The number of anilines is 2. The molecule has 0 unspecified atom stereocenters. The number of nitrogens with zero attached hydrogens (tertiary/aromatic N) is 6. The zero-order valence-electron chi connectivity index (χ0n) is 40.7. The first-order valence-electron chi connectivity index (χ1n) is 23.7. The van der Waals surface area contributed by atoms with Gasteiger partial charge < -0.3 is 18.6 Å². The monoisotopic (exact) mass is 1050 g/mol. The van der Waals surface area contributed by atoms with Gasteiger partial charge in [0.05, 0.1) is 10.8 Å². The fourth-order valence-corrected chi connectivity index (χ4v) is 7.98. The van der Waals surface area contributed by atoms with Crippen LogP contribution in [0.25, 0.3) is 44.2 Å². The van der Waals surface area contributed by atoms with Crippen LogP contribution in [0.4, 0.5) is 62.1 Å². The van der Waals surface area contributed by atoms with Crippen molar-refractivity contribution in [3.63, 3.8) is 0 Å². The molecule has 4 aromatic heterocycles. The molecular weight excluding hydrogens is 982 g/mol. The Labute approximate surface area is 402 Å². The fourth-order valence-electron chi connectivity index (χ4n) is 7.98. The summed E-state index contributed by atoms with van der Waals surface area (Å²) in [5.41, 5.74) is 5.80. The maximum absolute atomic E-state index is 11.2. The summed E-state index contributed by atoms with van der Waals surface area (Å²) in [6.07, 6.45) is 26.2. The Hall–Kier alpha value is -4.80. The number of nitriles is 2. The standard InChI is InChI=1S/C48H66N6O2.2F6P/c1-7-11-15-19-27-53(28-20-16-12-8-2)47-39(35-49)43-41(37-23-31-51(5)32-24-37)46-44(42(45(43)55-47)38-25-33-52(6)34-26-38)40(36-50)48(56-46)54(29-21-17-13-9-3)30-22-18-14-10-4;2*1-7(2,3,4,5)6/h23-26,31-34H,7-22,27-30H2,1-6H3;;/q+2;2*-1. The number of fused-ring (bicyclic) bond motifs is 2. The molecule has 0 aliphatic carbocycles. The summed E-state index contributed by atoms with van der Waals surface area (Å²) in [5, 5.41) is 23.9. The molecule has 0 saturated heterocycles. The summed E-state index contributed by atoms with van der Waals surface area (Å²) < 4.78 is 137. The third kappa shape index (κ3) is 21.3. The van der Waals surface area contributed by atoms with Crippen LogP contribution in [0.2, 0.25) is 0 Å². The molecule has 0 aliphatic heterocycles. The number of unbranched alkanes of at least 4 members (excludes halogenated alkanes) is 12. The Morgan fingerprint density at radius 2 is 0.686 bits per heavy atom. The van der Waals surface area contributed by atoms with E-state index in [2.05, 4.69) is 73.9 Å². The van der Waals surface area contributed by atoms with Crippen LogP contribution in [0.1, 0.15) is 142 Å². The van der Waals surface area contributed by atoms with Gasteiger partial charge in [-0.25, -0.2) is 9.13 Å². The van der Waals surface area contributed by atoms with Gasteiger partial charge in [0, 0.05) is 61.6 Å². The van der Waals surface area contributed by atoms with Crippen LogP contribution < -0.4 is 18.9 Å². The fraction of sp³-hybridized carbons (Fsp3) is 0.542. The zero-order valence-corrected chi connectivity index (χ0v) is 42.5. The van der Waals surface area contributed by atoms with Crippen molar-refractivity contribution in [3.05, 3.63) is 60.2 Å². The van der Waals surface area contributed by atoms with Gasteiger partial charge in [-0.2, -0.15) is 10.5 Å². The van der Waals surface area contributed by atoms with E-state index in [1.54, 1.807) is 0 Å². The molecule has 70 heavy (non-hydrogen) atoms. The first kappa shape index (κ1) is 59.5. The predicted octanol–water partition coefficient (Wildman–Crippen LogP) is 18.6. The van der Waals surface area contributed by atoms with E-state index in [0.29, 0.717) is 34.1 Å². The molecule has 0 fully saturated rings. The molecule has 0 aliphatic rings. The SMILES string of the molecule is CCCCCCN(CCCCCC)c1oc2c(-c3cc[n+](C)cc3)c3c(C#N)c(N(CCCCCC)CCCCCC)oc3c(-c3cc[n+](C)cc3)c2c1C#N.F[P-](F)(F)(F)(F)F.F[P-](F)(F)(F)(F)F. The molecule has 22 heteroatoms. The first-order valence-corrected chi connectivity index (χ1v) is 27.8. The maximum atomic E-state index is 11.2. The number of aryl methyl sites for hydroxylation is 2. The Bertz CT molecular complexity index is 2330. The summed E-state index contributed by atoms with van der Waals surface area (Å²) >= 11 is 0. The van der Waals surface area contributed by atoms with Crippen LogP contribution in [-0.2, 0) is 14.1 Å². The van der Waals surface area contributed by atoms with Gasteiger partial charge in [-0.05, 0) is 36.8 Å². The van der Waals surface area contributed by atoms with E-state index >= 15 is 0 Å². The van der Waals surface area contributed by atoms with Gasteiger partial charge in [0.25, 0.3) is 0 Å². The molecule has 4 heterocycles. The minimum atomic E-state index is -10.7. The number of furan rings is 2. The Morgan fingerprint density at radius 3 is 0.900 bits per heavy atom. The van der Waals surface area contributed by atoms with E-state index in [4.69, 9.17) is 8.83 Å². The Balaban J connectivity index is 0.000000806. The average molecular weight is 1050 g/mol. The molecular formula is C48H66F12N6O2P2. The third-order valence-electron chi connectivity index (χ3n) is 11.2. The predicted molar refractivity (Wildman–Crippen MR) is 257 cm³/mol. The molecule has 5 aromatic rings. The van der Waals surface area contributed by atoms with Gasteiger partial charge in [0.2, 0.25) is 11.8 Å². The van der Waals surface area contributed by atoms with Gasteiger partial charge in [-0.3, -0.25) is 0 Å². The van der Waals surface area contributed by atoms with Crippen LogP contribution in [0.5, 0.6) is 0 Å². The van der Waals surface area contributed by atoms with Crippen molar-refractivity contribution in [2.45, 2.75) is 130 Å². The zero-order chi connectivity index (χ0) is 52.7. The summed E-state index contributed by atoms with van der Waals surface area (Å²) in [5.74, 6) is 1.25. The number of halogens is 12. The molecule has 0 amide bonds. The summed E-state index contributed by atoms with van der Waals surface area (Å²) in [7, 11) is -17.3. The summed E-state index contributed by atoms with van der Waals surface area (Å²) in [4.78, 5) is 4.64. The van der Waals surface area contributed by atoms with E-state index in [9.17, 15) is 60.9 Å². The van der Waals surface area contributed by atoms with Gasteiger partial charge in [-0.15, -0.1) is 0 Å². The van der Waals surface area contributed by atoms with Crippen molar-refractivity contribution in [1.29, 1.82) is 10.5 Å². The second kappa shape index (κ2) is 23.2. The topological polar surface area (TPSA) is 88.1 Å². The van der Waals surface area contributed by atoms with E-state index < -0.39 is 15.6 Å². The van der Waals surface area contributed by atoms with E-state index in [-0.39, 0.29) is 0 Å². The van der Waals surface area contributed by atoms with Crippen molar-refractivity contribution >= 4 is 49.3 Å². The third-order valence-corrected chi connectivity index (χ3v) is 11.2. The molecule has 0 atom stereocenters. The molecule has 0 bridgehead atoms. The molecule has 8 nitrogen and oxygen atoms in total. The van der Waals surface area contributed by atoms with Crippen molar-refractivity contribution in [1.82, 2.24) is 0 Å². The molecule has 5 rings (SSSR count). The van der Waals surface area contributed by atoms with Crippen molar-refractivity contribution in [2.24, 2.45) is 14.1 Å². The molecule has 0 N–H and O–H groups in total. The van der Waals surface area contributed by atoms with E-state index in [0.717, 1.165) is 136 Å². The van der Waals surface area contributed by atoms with Crippen LogP contribution in [0.15, 0.2) is 57.9 Å². The average Bonchev–Trinajstić information content (AvgIpc) is 3.82. The van der Waals surface area contributed by atoms with Gasteiger partial charge in [-0.1, -0.05) is 105 Å². The second-order valence-electron chi connectivity index (χ2n) is 17.6. The minimum absolute atomic E-state index is 0.534. The van der Waals surface area contributed by atoms with E-state index in [1.165, 1.54) is 25.7 Å². The van der Waals surface area contributed by atoms with Crippen LogP contribution >= 0.6 is 15.6 Å². The van der Waals surface area contributed by atoms with Crippen molar-refractivity contribution in [3.8, 4) is 34.4 Å². The normalized spacial score (nSPS) is 13.7. The van der Waals surface area contributed by atoms with Crippen LogP contribution in [0.3, 0.4) is 0 Å². The van der Waals surface area contributed by atoms with Gasteiger partial charge in [0.15, 0.2) is 24.8 Å². The van der Waals surface area contributed by atoms with Crippen molar-refractivity contribution < 1.29 is 68.3 Å². The van der Waals surface area contributed by atoms with Crippen LogP contribution in [-0.4, -0.2) is 26.2 Å². The number of hydrogen-bond acceptors (Lipinski definition) is 6. The van der Waals surface area contributed by atoms with Crippen LogP contribution in [0, 0.1) is 22.7 Å². The first-order chi connectivity index (χ1) is 32.3. The molecule has 394 valence electrons. The summed E-state index contributed by atoms with van der Waals surface area (Å²) in [6, 6.07) is 13.6. The second-order valence-corrected chi connectivity index (χ2v) is 21.4. The molecule has 0 radical (unpaired) electrons. The Morgan fingerprint density at radius 1 is 0.443 bits per heavy atom. The number of pyridine rings is 2. The van der Waals surface area contributed by atoms with Crippen molar-refractivity contribution in [2.75, 3.05) is 36.0 Å². The molecule has 0 saturated carbocycles. The number of hydrogen-bond donors (Lipinski definition) is 0. The van der Waals surface area contributed by atoms with E-state index in [1.807, 2.05) is 48.0 Å². The number of benzene rings is 1. The number of rotatable bonds is 24. The summed E-state index contributed by atoms with van der Waals surface area (Å²) in [6.45, 7) is 12.2. The number of aromatic nitrogens is 2. The van der Waals surface area contributed by atoms with Gasteiger partial charge in [0.1, 0.15) is 48.5 Å². The Kier molecular flexibility index (Phi) is 19.7. The molecule has 0 spiro atoms. The quantitative estimate of drug-likeness (QED) is 0.0265. The molecule has 1 aromatic carbocycles.